The number of hydrogen-bond acceptors (Lipinski definition) is 3. The Morgan fingerprint density at radius 3 is 2.48 bits per heavy atom. The molecule has 0 aliphatic rings. The van der Waals surface area contributed by atoms with Gasteiger partial charge in [-0.05, 0) is 53.2 Å². The van der Waals surface area contributed by atoms with E-state index in [1.165, 1.54) is 6.92 Å². The number of Topliss-reactive ketones (excluding diaryl/α,β-unsaturated/α-hetero) is 1. The minimum atomic E-state index is -0.251. The van der Waals surface area contributed by atoms with Crippen LogP contribution in [0.15, 0.2) is 46.9 Å². The van der Waals surface area contributed by atoms with E-state index in [-0.39, 0.29) is 11.7 Å². The Kier molecular flexibility index (Phi) is 4.75. The van der Waals surface area contributed by atoms with Crippen molar-refractivity contribution in [2.75, 3.05) is 12.4 Å². The lowest BCUT2D eigenvalue weighted by atomic mass is 10.1. The lowest BCUT2D eigenvalue weighted by molar-refractivity contribution is 0.101. The van der Waals surface area contributed by atoms with E-state index in [1.807, 2.05) is 0 Å². The normalized spacial score (nSPS) is 10.0. The monoisotopic (exact) mass is 347 g/mol. The molecule has 0 fully saturated rings. The van der Waals surface area contributed by atoms with Gasteiger partial charge in [-0.1, -0.05) is 12.1 Å². The standard InChI is InChI=1S/C16H14BrNO3/c1-10(19)11-4-3-5-13(8-11)18-16(20)12-6-7-15(21-2)14(17)9-12/h3-9H,1-2H3,(H,18,20). The third-order valence-corrected chi connectivity index (χ3v) is 3.56. The number of hydrogen-bond donors (Lipinski definition) is 1. The molecule has 0 aliphatic heterocycles. The molecule has 4 nitrogen and oxygen atoms in total. The Bertz CT molecular complexity index is 698. The molecular formula is C16H14BrNO3. The number of anilines is 1. The van der Waals surface area contributed by atoms with E-state index < -0.39 is 0 Å². The highest BCUT2D eigenvalue weighted by molar-refractivity contribution is 9.10. The Balaban J connectivity index is 2.20. The molecule has 1 N–H and O–H groups in total. The number of carbonyl (C=O) groups excluding carboxylic acids is 2. The summed E-state index contributed by atoms with van der Waals surface area (Å²) in [5.74, 6) is 0.363. The number of amides is 1. The Labute approximate surface area is 131 Å². The van der Waals surface area contributed by atoms with Crippen LogP contribution in [0.25, 0.3) is 0 Å². The number of methoxy groups -OCH3 is 1. The second kappa shape index (κ2) is 6.54. The summed E-state index contributed by atoms with van der Waals surface area (Å²) in [6.07, 6.45) is 0. The Hall–Kier alpha value is -2.14. The average molecular weight is 348 g/mol. The van der Waals surface area contributed by atoms with Crippen LogP contribution in [0, 0.1) is 0 Å². The fourth-order valence-corrected chi connectivity index (χ4v) is 2.37. The van der Waals surface area contributed by atoms with Gasteiger partial charge < -0.3 is 10.1 Å². The van der Waals surface area contributed by atoms with E-state index in [1.54, 1.807) is 49.6 Å². The number of nitrogens with one attached hydrogen (secondary N) is 1. The fourth-order valence-electron chi connectivity index (χ4n) is 1.83. The van der Waals surface area contributed by atoms with E-state index in [2.05, 4.69) is 21.2 Å². The summed E-state index contributed by atoms with van der Waals surface area (Å²) in [5, 5.41) is 2.77. The highest BCUT2D eigenvalue weighted by Crippen LogP contribution is 2.26. The van der Waals surface area contributed by atoms with Crippen molar-refractivity contribution < 1.29 is 14.3 Å². The van der Waals surface area contributed by atoms with Gasteiger partial charge in [0.05, 0.1) is 11.6 Å². The molecule has 5 heteroatoms. The molecule has 2 rings (SSSR count). The molecule has 0 aliphatic carbocycles. The summed E-state index contributed by atoms with van der Waals surface area (Å²) < 4.78 is 5.83. The minimum Gasteiger partial charge on any atom is -0.496 e. The average Bonchev–Trinajstić information content (AvgIpc) is 2.47. The highest BCUT2D eigenvalue weighted by Gasteiger charge is 2.10. The second-order valence-electron chi connectivity index (χ2n) is 4.44. The topological polar surface area (TPSA) is 55.4 Å². The maximum atomic E-state index is 12.2. The van der Waals surface area contributed by atoms with Crippen LogP contribution in [-0.4, -0.2) is 18.8 Å². The lowest BCUT2D eigenvalue weighted by Gasteiger charge is -2.08. The maximum Gasteiger partial charge on any atom is 0.255 e. The van der Waals surface area contributed by atoms with Gasteiger partial charge in [0.1, 0.15) is 5.75 Å². The first-order valence-corrected chi connectivity index (χ1v) is 7.06. The lowest BCUT2D eigenvalue weighted by Crippen LogP contribution is -2.12. The van der Waals surface area contributed by atoms with Crippen molar-refractivity contribution in [3.63, 3.8) is 0 Å². The molecule has 21 heavy (non-hydrogen) atoms. The Morgan fingerprint density at radius 2 is 1.86 bits per heavy atom. The minimum absolute atomic E-state index is 0.0432. The molecule has 0 atom stereocenters. The molecule has 1 amide bonds. The van der Waals surface area contributed by atoms with Crippen LogP contribution in [0.2, 0.25) is 0 Å². The smallest absolute Gasteiger partial charge is 0.255 e. The van der Waals surface area contributed by atoms with E-state index in [4.69, 9.17) is 4.74 Å². The number of halogens is 1. The van der Waals surface area contributed by atoms with Crippen molar-refractivity contribution >= 4 is 33.3 Å². The molecule has 0 saturated heterocycles. The highest BCUT2D eigenvalue weighted by atomic mass is 79.9. The largest absolute Gasteiger partial charge is 0.496 e. The molecule has 2 aromatic rings. The SMILES string of the molecule is COc1ccc(C(=O)Nc2cccc(C(C)=O)c2)cc1Br. The summed E-state index contributed by atoms with van der Waals surface area (Å²) in [7, 11) is 1.56. The van der Waals surface area contributed by atoms with Crippen molar-refractivity contribution in [2.24, 2.45) is 0 Å². The summed E-state index contributed by atoms with van der Waals surface area (Å²) >= 11 is 3.34. The molecule has 0 spiro atoms. The van der Waals surface area contributed by atoms with E-state index in [0.29, 0.717) is 27.0 Å². The number of rotatable bonds is 4. The molecule has 0 heterocycles. The Morgan fingerprint density at radius 1 is 1.10 bits per heavy atom. The summed E-state index contributed by atoms with van der Waals surface area (Å²) in [6, 6.07) is 11.9. The van der Waals surface area contributed by atoms with Crippen molar-refractivity contribution in [1.82, 2.24) is 0 Å². The number of benzene rings is 2. The van der Waals surface area contributed by atoms with E-state index in [0.717, 1.165) is 0 Å². The predicted octanol–water partition coefficient (Wildman–Crippen LogP) is 3.91. The van der Waals surface area contributed by atoms with Gasteiger partial charge in [0.25, 0.3) is 5.91 Å². The molecule has 2 aromatic carbocycles. The van der Waals surface area contributed by atoms with Gasteiger partial charge in [-0.15, -0.1) is 0 Å². The number of ether oxygens (including phenoxy) is 1. The molecule has 0 aromatic heterocycles. The number of ketones is 1. The summed E-state index contributed by atoms with van der Waals surface area (Å²) in [4.78, 5) is 23.5. The third kappa shape index (κ3) is 3.70. The fraction of sp³-hybridized carbons (Fsp3) is 0.125. The zero-order valence-corrected chi connectivity index (χ0v) is 13.2. The van der Waals surface area contributed by atoms with E-state index >= 15 is 0 Å². The van der Waals surface area contributed by atoms with Gasteiger partial charge in [0, 0.05) is 16.8 Å². The van der Waals surface area contributed by atoms with Gasteiger partial charge in [-0.25, -0.2) is 0 Å². The van der Waals surface area contributed by atoms with Crippen molar-refractivity contribution in [2.45, 2.75) is 6.92 Å². The van der Waals surface area contributed by atoms with Crippen LogP contribution in [0.3, 0.4) is 0 Å². The van der Waals surface area contributed by atoms with Crippen molar-refractivity contribution in [3.05, 3.63) is 58.1 Å². The van der Waals surface area contributed by atoms with Crippen LogP contribution >= 0.6 is 15.9 Å². The third-order valence-electron chi connectivity index (χ3n) is 2.94. The van der Waals surface area contributed by atoms with Crippen LogP contribution < -0.4 is 10.1 Å². The zero-order valence-electron chi connectivity index (χ0n) is 11.6. The zero-order chi connectivity index (χ0) is 15.4. The molecular weight excluding hydrogens is 334 g/mol. The summed E-state index contributed by atoms with van der Waals surface area (Å²) in [6.45, 7) is 1.49. The van der Waals surface area contributed by atoms with Crippen molar-refractivity contribution in [1.29, 1.82) is 0 Å². The summed E-state index contributed by atoms with van der Waals surface area (Å²) in [5.41, 5.74) is 1.64. The molecule has 0 unspecified atom stereocenters. The van der Waals surface area contributed by atoms with Crippen LogP contribution in [0.5, 0.6) is 5.75 Å². The molecule has 0 radical (unpaired) electrons. The quantitative estimate of drug-likeness (QED) is 0.853. The number of carbonyl (C=O) groups is 2. The van der Waals surface area contributed by atoms with Crippen LogP contribution in [0.4, 0.5) is 5.69 Å². The predicted molar refractivity (Wildman–Crippen MR) is 85.1 cm³/mol. The first-order chi connectivity index (χ1) is 10.0. The van der Waals surface area contributed by atoms with Gasteiger partial charge in [-0.2, -0.15) is 0 Å². The first kappa shape index (κ1) is 15.3. The van der Waals surface area contributed by atoms with Crippen LogP contribution in [-0.2, 0) is 0 Å². The van der Waals surface area contributed by atoms with Crippen LogP contribution in [0.1, 0.15) is 27.6 Å². The second-order valence-corrected chi connectivity index (χ2v) is 5.29. The first-order valence-electron chi connectivity index (χ1n) is 6.27. The molecule has 0 bridgehead atoms. The van der Waals surface area contributed by atoms with Gasteiger partial charge in [-0.3, -0.25) is 9.59 Å². The molecule has 108 valence electrons. The van der Waals surface area contributed by atoms with Crippen molar-refractivity contribution in [3.8, 4) is 5.75 Å². The van der Waals surface area contributed by atoms with Gasteiger partial charge >= 0.3 is 0 Å². The maximum absolute atomic E-state index is 12.2. The van der Waals surface area contributed by atoms with E-state index in [9.17, 15) is 9.59 Å². The van der Waals surface area contributed by atoms with Gasteiger partial charge in [0.15, 0.2) is 5.78 Å². The molecule has 0 saturated carbocycles. The van der Waals surface area contributed by atoms with Gasteiger partial charge in [0.2, 0.25) is 0 Å².